The minimum Gasteiger partial charge on any atom is -0.388 e. The van der Waals surface area contributed by atoms with Crippen LogP contribution in [0.25, 0.3) is 0 Å². The van der Waals surface area contributed by atoms with E-state index in [1.54, 1.807) is 0 Å². The van der Waals surface area contributed by atoms with Crippen LogP contribution < -0.4 is 0 Å². The molecule has 0 aliphatic heterocycles. The normalized spacial score (nSPS) is 11.6. The van der Waals surface area contributed by atoms with Crippen molar-refractivity contribution < 1.29 is 29.2 Å². The highest BCUT2D eigenvalue weighted by atomic mass is 16.5. The fourth-order valence-electron chi connectivity index (χ4n) is 7.03. The Balaban J connectivity index is 0. The SMILES string of the molecule is CCCCCCCCCCCOCC(O)COCCCCCCCCCCC.CCCCCCCCCCCOCC(O)COCCCCCCCCCCC. The first-order valence-corrected chi connectivity index (χ1v) is 25.3. The first-order valence-electron chi connectivity index (χ1n) is 25.3. The number of aliphatic hydroxyl groups is 2. The third kappa shape index (κ3) is 55.9. The van der Waals surface area contributed by atoms with Crippen LogP contribution in [0.4, 0.5) is 0 Å². The van der Waals surface area contributed by atoms with Crippen molar-refractivity contribution in [1.82, 2.24) is 0 Å². The zero-order valence-corrected chi connectivity index (χ0v) is 38.8. The van der Waals surface area contributed by atoms with Crippen LogP contribution >= 0.6 is 0 Å². The number of unbranched alkanes of at least 4 members (excludes halogenated alkanes) is 32. The van der Waals surface area contributed by atoms with Gasteiger partial charge >= 0.3 is 0 Å². The Kier molecular flexibility index (Phi) is 56.6. The van der Waals surface area contributed by atoms with Gasteiger partial charge in [-0.3, -0.25) is 0 Å². The summed E-state index contributed by atoms with van der Waals surface area (Å²) in [5, 5.41) is 19.8. The maximum atomic E-state index is 9.89. The van der Waals surface area contributed by atoms with Crippen molar-refractivity contribution in [3.8, 4) is 0 Å². The second-order valence-electron chi connectivity index (χ2n) is 16.9. The van der Waals surface area contributed by atoms with E-state index in [4.69, 9.17) is 18.9 Å². The van der Waals surface area contributed by atoms with Crippen LogP contribution in [-0.4, -0.2) is 75.3 Å². The highest BCUT2D eigenvalue weighted by Crippen LogP contribution is 2.13. The van der Waals surface area contributed by atoms with Crippen molar-refractivity contribution in [3.63, 3.8) is 0 Å². The molecule has 6 heteroatoms. The van der Waals surface area contributed by atoms with E-state index in [1.165, 1.54) is 205 Å². The number of ether oxygens (including phenoxy) is 4. The van der Waals surface area contributed by atoms with Gasteiger partial charge in [-0.25, -0.2) is 0 Å². The Morgan fingerprint density at radius 3 is 0.536 bits per heavy atom. The standard InChI is InChI=1S/2C25H52O3/c2*1-3-5-7-9-11-13-15-17-19-21-27-23-25(26)24-28-22-20-18-16-14-12-10-8-6-4-2/h2*25-26H,3-24H2,1-2H3. The quantitative estimate of drug-likeness (QED) is 0.0597. The second kappa shape index (κ2) is 54.8. The fraction of sp³-hybridized carbons (Fsp3) is 1.00. The van der Waals surface area contributed by atoms with Gasteiger partial charge in [0.2, 0.25) is 0 Å². The fourth-order valence-corrected chi connectivity index (χ4v) is 7.03. The average Bonchev–Trinajstić information content (AvgIpc) is 3.20. The predicted molar refractivity (Wildman–Crippen MR) is 244 cm³/mol. The molecule has 0 fully saturated rings. The number of hydrogen-bond acceptors (Lipinski definition) is 6. The molecule has 56 heavy (non-hydrogen) atoms. The summed E-state index contributed by atoms with van der Waals surface area (Å²) in [6, 6.07) is 0. The van der Waals surface area contributed by atoms with Crippen molar-refractivity contribution in [2.45, 2.75) is 271 Å². The summed E-state index contributed by atoms with van der Waals surface area (Å²) in [6.45, 7) is 13.8. The van der Waals surface area contributed by atoms with Crippen molar-refractivity contribution in [2.24, 2.45) is 0 Å². The topological polar surface area (TPSA) is 77.4 Å². The summed E-state index contributed by atoms with van der Waals surface area (Å²) in [7, 11) is 0. The summed E-state index contributed by atoms with van der Waals surface area (Å²) >= 11 is 0. The maximum Gasteiger partial charge on any atom is 0.101 e. The summed E-state index contributed by atoms with van der Waals surface area (Å²) in [5.74, 6) is 0. The summed E-state index contributed by atoms with van der Waals surface area (Å²) in [6.07, 6.45) is 46.8. The molecule has 0 amide bonds. The number of rotatable bonds is 48. The Hall–Kier alpha value is -0.240. The van der Waals surface area contributed by atoms with Crippen LogP contribution in [0.15, 0.2) is 0 Å². The molecule has 0 unspecified atom stereocenters. The predicted octanol–water partition coefficient (Wildman–Crippen LogP) is 14.9. The van der Waals surface area contributed by atoms with Crippen LogP contribution in [0.1, 0.15) is 259 Å². The first-order chi connectivity index (χ1) is 27.6. The lowest BCUT2D eigenvalue weighted by molar-refractivity contribution is -0.0201. The van der Waals surface area contributed by atoms with Gasteiger partial charge < -0.3 is 29.2 Å². The molecule has 0 radical (unpaired) electrons. The van der Waals surface area contributed by atoms with Gasteiger partial charge in [0.15, 0.2) is 0 Å². The van der Waals surface area contributed by atoms with Gasteiger partial charge in [0.25, 0.3) is 0 Å². The molecule has 0 aliphatic carbocycles. The van der Waals surface area contributed by atoms with Gasteiger partial charge in [0.05, 0.1) is 26.4 Å². The molecule has 2 N–H and O–H groups in total. The summed E-state index contributed by atoms with van der Waals surface area (Å²) in [4.78, 5) is 0. The molecular formula is C50H104O6. The van der Waals surface area contributed by atoms with Gasteiger partial charge in [0, 0.05) is 26.4 Å². The first kappa shape index (κ1) is 57.9. The van der Waals surface area contributed by atoms with E-state index in [0.717, 1.165) is 52.1 Å². The third-order valence-corrected chi connectivity index (χ3v) is 10.8. The molecule has 0 aliphatic rings. The van der Waals surface area contributed by atoms with Gasteiger partial charge in [-0.15, -0.1) is 0 Å². The molecule has 0 atom stereocenters. The van der Waals surface area contributed by atoms with Crippen LogP contribution in [-0.2, 0) is 18.9 Å². The van der Waals surface area contributed by atoms with Gasteiger partial charge in [0.1, 0.15) is 12.2 Å². The lowest BCUT2D eigenvalue weighted by Gasteiger charge is -2.12. The Bertz CT molecular complexity index is 543. The molecule has 0 saturated heterocycles. The van der Waals surface area contributed by atoms with Crippen LogP contribution in [0.3, 0.4) is 0 Å². The molecule has 0 spiro atoms. The summed E-state index contributed by atoms with van der Waals surface area (Å²) in [5.41, 5.74) is 0. The third-order valence-electron chi connectivity index (χ3n) is 10.8. The van der Waals surface area contributed by atoms with E-state index in [1.807, 2.05) is 0 Å². The zero-order valence-electron chi connectivity index (χ0n) is 38.8. The van der Waals surface area contributed by atoms with Crippen molar-refractivity contribution in [1.29, 1.82) is 0 Å². The smallest absolute Gasteiger partial charge is 0.101 e. The molecule has 0 saturated carbocycles. The number of hydrogen-bond donors (Lipinski definition) is 2. The van der Waals surface area contributed by atoms with E-state index in [9.17, 15) is 10.2 Å². The minimum absolute atomic E-state index is 0.411. The minimum atomic E-state index is -0.475. The largest absolute Gasteiger partial charge is 0.388 e. The molecule has 0 heterocycles. The van der Waals surface area contributed by atoms with Crippen molar-refractivity contribution in [3.05, 3.63) is 0 Å². The molecular weight excluding hydrogens is 697 g/mol. The van der Waals surface area contributed by atoms with Crippen LogP contribution in [0, 0.1) is 0 Å². The Labute approximate surface area is 352 Å². The Morgan fingerprint density at radius 2 is 0.375 bits per heavy atom. The zero-order chi connectivity index (χ0) is 41.1. The second-order valence-corrected chi connectivity index (χ2v) is 16.9. The van der Waals surface area contributed by atoms with Crippen LogP contribution in [0.5, 0.6) is 0 Å². The molecule has 0 aromatic carbocycles. The van der Waals surface area contributed by atoms with Gasteiger partial charge in [-0.1, -0.05) is 233 Å². The van der Waals surface area contributed by atoms with Crippen molar-refractivity contribution >= 4 is 0 Å². The maximum absolute atomic E-state index is 9.89. The lowest BCUT2D eigenvalue weighted by Crippen LogP contribution is -2.22. The van der Waals surface area contributed by atoms with E-state index >= 15 is 0 Å². The summed E-state index contributed by atoms with van der Waals surface area (Å²) < 4.78 is 22.3. The highest BCUT2D eigenvalue weighted by Gasteiger charge is 2.06. The van der Waals surface area contributed by atoms with Crippen LogP contribution in [0.2, 0.25) is 0 Å². The Morgan fingerprint density at radius 1 is 0.232 bits per heavy atom. The molecule has 0 bridgehead atoms. The monoisotopic (exact) mass is 801 g/mol. The van der Waals surface area contributed by atoms with Crippen molar-refractivity contribution in [2.75, 3.05) is 52.9 Å². The molecule has 0 aromatic heterocycles. The van der Waals surface area contributed by atoms with E-state index in [-0.39, 0.29) is 0 Å². The van der Waals surface area contributed by atoms with Gasteiger partial charge in [-0.2, -0.15) is 0 Å². The van der Waals surface area contributed by atoms with E-state index in [2.05, 4.69) is 27.7 Å². The van der Waals surface area contributed by atoms with E-state index < -0.39 is 12.2 Å². The van der Waals surface area contributed by atoms with E-state index in [0.29, 0.717) is 26.4 Å². The average molecular weight is 801 g/mol. The molecule has 340 valence electrons. The van der Waals surface area contributed by atoms with Gasteiger partial charge in [-0.05, 0) is 25.7 Å². The lowest BCUT2D eigenvalue weighted by atomic mass is 10.1. The molecule has 0 rings (SSSR count). The highest BCUT2D eigenvalue weighted by molar-refractivity contribution is 4.55. The molecule has 0 aromatic rings. The molecule has 6 nitrogen and oxygen atoms in total. The number of aliphatic hydroxyl groups excluding tert-OH is 2.